The average molecular weight is 535 g/mol. The van der Waals surface area contributed by atoms with Crippen molar-refractivity contribution in [2.75, 3.05) is 29.9 Å². The number of aromatic nitrogens is 2. The standard InChI is InChI=1S/C29H35FN6O3/c1-29(2,3)39-36(20-37)24-12-15-35(19-24)26-10-9-25(28(38)33-18-22-7-5-13-31-17-22)27(34-26)32-14-11-21-6-4-8-23(30)16-21/h4-10,13,16-17,20,24H,11-12,14-15,18-19H2,1-3H3,(H,32,34)(H,33,38). The van der Waals surface area contributed by atoms with E-state index in [2.05, 4.69) is 20.5 Å². The van der Waals surface area contributed by atoms with Gasteiger partial charge in [0.25, 0.3) is 5.91 Å². The molecular weight excluding hydrogens is 499 g/mol. The van der Waals surface area contributed by atoms with Crippen LogP contribution in [0.3, 0.4) is 0 Å². The summed E-state index contributed by atoms with van der Waals surface area (Å²) in [4.78, 5) is 41.6. The molecule has 2 aromatic heterocycles. The zero-order valence-corrected chi connectivity index (χ0v) is 22.6. The second-order valence-corrected chi connectivity index (χ2v) is 10.5. The van der Waals surface area contributed by atoms with Crippen molar-refractivity contribution in [3.05, 3.63) is 83.4 Å². The van der Waals surface area contributed by atoms with Gasteiger partial charge in [0.1, 0.15) is 17.5 Å². The lowest BCUT2D eigenvalue weighted by atomic mass is 10.1. The lowest BCUT2D eigenvalue weighted by Gasteiger charge is -2.31. The summed E-state index contributed by atoms with van der Waals surface area (Å²) in [6.07, 6.45) is 5.40. The Balaban J connectivity index is 1.49. The summed E-state index contributed by atoms with van der Waals surface area (Å²) in [5.74, 6) is 0.577. The smallest absolute Gasteiger partial charge is 0.255 e. The number of anilines is 2. The third kappa shape index (κ3) is 7.97. The molecule has 1 saturated heterocycles. The Morgan fingerprint density at radius 3 is 2.74 bits per heavy atom. The number of pyridine rings is 2. The van der Waals surface area contributed by atoms with E-state index in [0.717, 1.165) is 24.0 Å². The van der Waals surface area contributed by atoms with Crippen LogP contribution in [0.25, 0.3) is 0 Å². The number of hydroxylamine groups is 2. The molecular formula is C29H35FN6O3. The van der Waals surface area contributed by atoms with Crippen LogP contribution in [0.1, 0.15) is 48.7 Å². The van der Waals surface area contributed by atoms with Crippen molar-refractivity contribution in [1.29, 1.82) is 0 Å². The average Bonchev–Trinajstić information content (AvgIpc) is 3.41. The first-order valence-corrected chi connectivity index (χ1v) is 13.1. The van der Waals surface area contributed by atoms with Crippen LogP contribution in [-0.4, -0.2) is 58.6 Å². The molecule has 1 atom stereocenters. The molecule has 1 aliphatic heterocycles. The van der Waals surface area contributed by atoms with Crippen LogP contribution in [0.5, 0.6) is 0 Å². The number of amides is 2. The van der Waals surface area contributed by atoms with Gasteiger partial charge in [-0.2, -0.15) is 0 Å². The maximum atomic E-state index is 13.6. The summed E-state index contributed by atoms with van der Waals surface area (Å²) in [6, 6.07) is 13.6. The van der Waals surface area contributed by atoms with Gasteiger partial charge in [-0.05, 0) is 75.1 Å². The first kappa shape index (κ1) is 28.0. The molecule has 1 unspecified atom stereocenters. The van der Waals surface area contributed by atoms with Gasteiger partial charge in [-0.3, -0.25) is 19.4 Å². The van der Waals surface area contributed by atoms with E-state index in [1.54, 1.807) is 24.5 Å². The van der Waals surface area contributed by atoms with E-state index in [1.807, 2.05) is 45.0 Å². The van der Waals surface area contributed by atoms with Gasteiger partial charge < -0.3 is 15.5 Å². The van der Waals surface area contributed by atoms with Crippen molar-refractivity contribution in [2.24, 2.45) is 0 Å². The monoisotopic (exact) mass is 534 g/mol. The van der Waals surface area contributed by atoms with Crippen LogP contribution < -0.4 is 15.5 Å². The van der Waals surface area contributed by atoms with Crippen molar-refractivity contribution in [3.63, 3.8) is 0 Å². The molecule has 0 aliphatic carbocycles. The number of nitrogens with zero attached hydrogens (tertiary/aromatic N) is 4. The maximum absolute atomic E-state index is 13.6. The summed E-state index contributed by atoms with van der Waals surface area (Å²) in [5, 5.41) is 7.59. The minimum Gasteiger partial charge on any atom is -0.369 e. The van der Waals surface area contributed by atoms with Gasteiger partial charge >= 0.3 is 0 Å². The van der Waals surface area contributed by atoms with Crippen LogP contribution in [0.2, 0.25) is 0 Å². The summed E-state index contributed by atoms with van der Waals surface area (Å²) >= 11 is 0. The minimum atomic E-state index is -0.490. The highest BCUT2D eigenvalue weighted by atomic mass is 19.1. The molecule has 0 bridgehead atoms. The molecule has 206 valence electrons. The number of halogens is 1. The number of hydrogen-bond acceptors (Lipinski definition) is 7. The Morgan fingerprint density at radius 1 is 1.21 bits per heavy atom. The fraction of sp³-hybridized carbons (Fsp3) is 0.379. The van der Waals surface area contributed by atoms with Crippen molar-refractivity contribution in [3.8, 4) is 0 Å². The maximum Gasteiger partial charge on any atom is 0.255 e. The van der Waals surface area contributed by atoms with E-state index in [9.17, 15) is 14.0 Å². The van der Waals surface area contributed by atoms with Gasteiger partial charge in [0.15, 0.2) is 0 Å². The van der Waals surface area contributed by atoms with E-state index in [-0.39, 0.29) is 17.8 Å². The molecule has 3 heterocycles. The summed E-state index contributed by atoms with van der Waals surface area (Å²) in [6.45, 7) is 7.73. The molecule has 4 rings (SSSR count). The van der Waals surface area contributed by atoms with E-state index < -0.39 is 5.60 Å². The molecule has 0 spiro atoms. The number of nitrogens with one attached hydrogen (secondary N) is 2. The summed E-state index contributed by atoms with van der Waals surface area (Å²) in [5.41, 5.74) is 1.65. The SMILES string of the molecule is CC(C)(C)ON(C=O)C1CCN(c2ccc(C(=O)NCc3cccnc3)c(NCCc3cccc(F)c3)n2)C1. The molecule has 2 N–H and O–H groups in total. The predicted octanol–water partition coefficient (Wildman–Crippen LogP) is 3.97. The van der Waals surface area contributed by atoms with Crippen molar-refractivity contribution >= 4 is 24.0 Å². The number of benzene rings is 1. The Labute approximate surface area is 228 Å². The Morgan fingerprint density at radius 2 is 2.03 bits per heavy atom. The third-order valence-electron chi connectivity index (χ3n) is 6.23. The normalized spacial score (nSPS) is 15.2. The van der Waals surface area contributed by atoms with E-state index in [0.29, 0.717) is 49.8 Å². The summed E-state index contributed by atoms with van der Waals surface area (Å²) < 4.78 is 13.6. The molecule has 9 nitrogen and oxygen atoms in total. The number of carbonyl (C=O) groups is 2. The quantitative estimate of drug-likeness (QED) is 0.284. The largest absolute Gasteiger partial charge is 0.369 e. The molecule has 1 fully saturated rings. The molecule has 1 aliphatic rings. The van der Waals surface area contributed by atoms with Crippen LogP contribution >= 0.6 is 0 Å². The first-order chi connectivity index (χ1) is 18.7. The Kier molecular flexibility index (Phi) is 9.08. The van der Waals surface area contributed by atoms with Crippen LogP contribution in [-0.2, 0) is 22.6 Å². The van der Waals surface area contributed by atoms with Gasteiger partial charge in [-0.1, -0.05) is 18.2 Å². The topological polar surface area (TPSA) is 99.7 Å². The zero-order chi connectivity index (χ0) is 27.8. The lowest BCUT2D eigenvalue weighted by Crippen LogP contribution is -2.41. The van der Waals surface area contributed by atoms with Gasteiger partial charge in [0, 0.05) is 38.6 Å². The van der Waals surface area contributed by atoms with E-state index in [1.165, 1.54) is 17.2 Å². The highest BCUT2D eigenvalue weighted by molar-refractivity contribution is 5.99. The molecule has 10 heteroatoms. The van der Waals surface area contributed by atoms with E-state index in [4.69, 9.17) is 9.82 Å². The Hall–Kier alpha value is -4.05. The van der Waals surface area contributed by atoms with E-state index >= 15 is 0 Å². The first-order valence-electron chi connectivity index (χ1n) is 13.1. The van der Waals surface area contributed by atoms with Gasteiger partial charge in [-0.15, -0.1) is 0 Å². The van der Waals surface area contributed by atoms with Gasteiger partial charge in [0.2, 0.25) is 6.41 Å². The number of hydrogen-bond donors (Lipinski definition) is 2. The lowest BCUT2D eigenvalue weighted by molar-refractivity contribution is -0.229. The molecule has 0 saturated carbocycles. The highest BCUT2D eigenvalue weighted by Crippen LogP contribution is 2.26. The van der Waals surface area contributed by atoms with Gasteiger partial charge in [-0.25, -0.2) is 14.4 Å². The molecule has 39 heavy (non-hydrogen) atoms. The zero-order valence-electron chi connectivity index (χ0n) is 22.6. The predicted molar refractivity (Wildman–Crippen MR) is 148 cm³/mol. The fourth-order valence-electron chi connectivity index (χ4n) is 4.40. The number of rotatable bonds is 11. The second kappa shape index (κ2) is 12.7. The number of carbonyl (C=O) groups excluding carboxylic acids is 2. The minimum absolute atomic E-state index is 0.115. The highest BCUT2D eigenvalue weighted by Gasteiger charge is 2.31. The third-order valence-corrected chi connectivity index (χ3v) is 6.23. The van der Waals surface area contributed by atoms with Crippen LogP contribution in [0.4, 0.5) is 16.0 Å². The molecule has 2 amide bonds. The van der Waals surface area contributed by atoms with Crippen molar-refractivity contribution < 1.29 is 18.8 Å². The van der Waals surface area contributed by atoms with Crippen LogP contribution in [0.15, 0.2) is 60.9 Å². The van der Waals surface area contributed by atoms with Gasteiger partial charge in [0.05, 0.1) is 17.2 Å². The molecule has 0 radical (unpaired) electrons. The second-order valence-electron chi connectivity index (χ2n) is 10.5. The van der Waals surface area contributed by atoms with Crippen LogP contribution in [0, 0.1) is 5.82 Å². The molecule has 1 aromatic carbocycles. The Bertz CT molecular complexity index is 1270. The van der Waals surface area contributed by atoms with Crippen molar-refractivity contribution in [2.45, 2.75) is 51.8 Å². The van der Waals surface area contributed by atoms with Crippen molar-refractivity contribution in [1.82, 2.24) is 20.3 Å². The molecule has 3 aromatic rings. The summed E-state index contributed by atoms with van der Waals surface area (Å²) in [7, 11) is 0. The fourth-order valence-corrected chi connectivity index (χ4v) is 4.40.